The summed E-state index contributed by atoms with van der Waals surface area (Å²) in [5.74, 6) is 0.706. The minimum atomic E-state index is 0.184. The van der Waals surface area contributed by atoms with Crippen LogP contribution >= 0.6 is 0 Å². The lowest BCUT2D eigenvalue weighted by Gasteiger charge is -2.22. The summed E-state index contributed by atoms with van der Waals surface area (Å²) in [6.45, 7) is 0. The van der Waals surface area contributed by atoms with E-state index in [0.717, 1.165) is 25.0 Å². The second-order valence-corrected chi connectivity index (χ2v) is 6.46. The van der Waals surface area contributed by atoms with Crippen LogP contribution in [0.5, 0.6) is 0 Å². The van der Waals surface area contributed by atoms with E-state index >= 15 is 0 Å². The van der Waals surface area contributed by atoms with E-state index in [1.807, 2.05) is 12.1 Å². The third-order valence-electron chi connectivity index (χ3n) is 4.91. The summed E-state index contributed by atoms with van der Waals surface area (Å²) in [5, 5.41) is 25.1. The highest BCUT2D eigenvalue weighted by Gasteiger charge is 2.27. The van der Waals surface area contributed by atoms with Gasteiger partial charge in [-0.3, -0.25) is 4.68 Å². The first-order valence-electron chi connectivity index (χ1n) is 8.42. The summed E-state index contributed by atoms with van der Waals surface area (Å²) in [5.41, 5.74) is 2.86. The van der Waals surface area contributed by atoms with Gasteiger partial charge in [0, 0.05) is 6.20 Å². The molecule has 2 aliphatic carbocycles. The molecule has 6 nitrogen and oxygen atoms in total. The zero-order valence-corrected chi connectivity index (χ0v) is 13.1. The zero-order chi connectivity index (χ0) is 15.6. The van der Waals surface area contributed by atoms with Crippen LogP contribution in [0.1, 0.15) is 67.6 Å². The van der Waals surface area contributed by atoms with E-state index in [9.17, 15) is 0 Å². The van der Waals surface area contributed by atoms with Crippen LogP contribution in [0.2, 0.25) is 0 Å². The summed E-state index contributed by atoms with van der Waals surface area (Å²) in [6.07, 6.45) is 10.7. The molecule has 0 spiro atoms. The van der Waals surface area contributed by atoms with Gasteiger partial charge in [-0.05, 0) is 49.8 Å². The second-order valence-electron chi connectivity index (χ2n) is 6.46. The number of hydrogen-bond donors (Lipinski definition) is 1. The third kappa shape index (κ3) is 2.79. The molecule has 23 heavy (non-hydrogen) atoms. The van der Waals surface area contributed by atoms with Crippen LogP contribution in [0.3, 0.4) is 0 Å². The minimum Gasteiger partial charge on any atom is -0.360 e. The number of nitrogens with one attached hydrogen (secondary N) is 1. The van der Waals surface area contributed by atoms with Gasteiger partial charge in [0.1, 0.15) is 11.9 Å². The Labute approximate surface area is 135 Å². The van der Waals surface area contributed by atoms with E-state index in [0.29, 0.717) is 17.6 Å². The molecule has 1 atom stereocenters. The first kappa shape index (κ1) is 14.2. The maximum atomic E-state index is 8.80. The second kappa shape index (κ2) is 5.99. The minimum absolute atomic E-state index is 0.184. The molecule has 118 valence electrons. The molecular formula is C17H20N6. The van der Waals surface area contributed by atoms with Crippen molar-refractivity contribution in [2.24, 2.45) is 0 Å². The molecule has 0 saturated heterocycles. The molecule has 1 N–H and O–H groups in total. The van der Waals surface area contributed by atoms with Gasteiger partial charge in [0.05, 0.1) is 17.8 Å². The highest BCUT2D eigenvalue weighted by molar-refractivity contribution is 5.39. The van der Waals surface area contributed by atoms with Crippen LogP contribution in [0.15, 0.2) is 18.3 Å². The molecule has 2 aromatic heterocycles. The fourth-order valence-corrected chi connectivity index (χ4v) is 3.71. The molecule has 0 aliphatic heterocycles. The van der Waals surface area contributed by atoms with E-state index < -0.39 is 0 Å². The Morgan fingerprint density at radius 3 is 2.74 bits per heavy atom. The Balaban J connectivity index is 1.55. The number of rotatable bonds is 3. The lowest BCUT2D eigenvalue weighted by molar-refractivity contribution is 0.459. The number of hydrogen-bond acceptors (Lipinski definition) is 5. The summed E-state index contributed by atoms with van der Waals surface area (Å²) < 4.78 is 2.20. The van der Waals surface area contributed by atoms with Crippen LogP contribution in [0.25, 0.3) is 0 Å². The van der Waals surface area contributed by atoms with Crippen LogP contribution in [-0.4, -0.2) is 20.0 Å². The summed E-state index contributed by atoms with van der Waals surface area (Å²) in [6, 6.07) is 6.26. The molecule has 0 unspecified atom stereocenters. The molecule has 0 bridgehead atoms. The smallest absolute Gasteiger partial charge is 0.163 e. The molecule has 4 rings (SSSR count). The Morgan fingerprint density at radius 1 is 1.13 bits per heavy atom. The zero-order valence-electron chi connectivity index (χ0n) is 13.1. The lowest BCUT2D eigenvalue weighted by Crippen LogP contribution is -2.18. The standard InChI is InChI=1S/C17H20N6/c18-10-13-8-9-16(21-20-13)19-15-7-3-4-12-11-23(22-17(12)15)14-5-1-2-6-14/h8-9,11,14-15H,1-7H2,(H,19,21)/t15-/m0/s1. The molecule has 2 aromatic rings. The Kier molecular flexibility index (Phi) is 3.70. The Morgan fingerprint density at radius 2 is 2.00 bits per heavy atom. The highest BCUT2D eigenvalue weighted by Crippen LogP contribution is 2.34. The first-order valence-corrected chi connectivity index (χ1v) is 8.42. The number of aryl methyl sites for hydroxylation is 1. The number of nitriles is 1. The van der Waals surface area contributed by atoms with Crippen molar-refractivity contribution in [1.82, 2.24) is 20.0 Å². The van der Waals surface area contributed by atoms with Crippen molar-refractivity contribution in [2.45, 2.75) is 57.0 Å². The Hall–Kier alpha value is -2.42. The first-order chi connectivity index (χ1) is 11.3. The fraction of sp³-hybridized carbons (Fsp3) is 0.529. The number of fused-ring (bicyclic) bond motifs is 1. The number of aromatic nitrogens is 4. The molecular weight excluding hydrogens is 288 g/mol. The van der Waals surface area contributed by atoms with Crippen LogP contribution in [0, 0.1) is 11.3 Å². The van der Waals surface area contributed by atoms with Crippen molar-refractivity contribution in [3.63, 3.8) is 0 Å². The molecule has 1 fully saturated rings. The summed E-state index contributed by atoms with van der Waals surface area (Å²) in [7, 11) is 0. The van der Waals surface area contributed by atoms with Crippen LogP contribution in [0.4, 0.5) is 5.82 Å². The lowest BCUT2D eigenvalue weighted by atomic mass is 9.94. The third-order valence-corrected chi connectivity index (χ3v) is 4.91. The topological polar surface area (TPSA) is 79.4 Å². The molecule has 6 heteroatoms. The van der Waals surface area contributed by atoms with Crippen molar-refractivity contribution in [3.8, 4) is 6.07 Å². The SMILES string of the molecule is N#Cc1ccc(N[C@H]2CCCc3cn(C4CCCC4)nc32)nn1. The van der Waals surface area contributed by atoms with E-state index in [2.05, 4.69) is 26.4 Å². The van der Waals surface area contributed by atoms with Gasteiger partial charge in [0.2, 0.25) is 0 Å². The predicted molar refractivity (Wildman–Crippen MR) is 85.8 cm³/mol. The summed E-state index contributed by atoms with van der Waals surface area (Å²) >= 11 is 0. The maximum Gasteiger partial charge on any atom is 0.163 e. The highest BCUT2D eigenvalue weighted by atomic mass is 15.3. The Bertz CT molecular complexity index is 721. The van der Waals surface area contributed by atoms with Gasteiger partial charge >= 0.3 is 0 Å². The number of nitrogens with zero attached hydrogens (tertiary/aromatic N) is 5. The molecule has 2 aliphatic rings. The van der Waals surface area contributed by atoms with Gasteiger partial charge in [0.15, 0.2) is 5.69 Å². The van der Waals surface area contributed by atoms with Gasteiger partial charge in [-0.2, -0.15) is 10.4 Å². The van der Waals surface area contributed by atoms with Gasteiger partial charge in [-0.15, -0.1) is 10.2 Å². The molecule has 1 saturated carbocycles. The van der Waals surface area contributed by atoms with Crippen molar-refractivity contribution >= 4 is 5.82 Å². The molecule has 2 heterocycles. The van der Waals surface area contributed by atoms with Gasteiger partial charge in [0.25, 0.3) is 0 Å². The normalized spacial score (nSPS) is 20.9. The molecule has 0 aromatic carbocycles. The van der Waals surface area contributed by atoms with Crippen LogP contribution < -0.4 is 5.32 Å². The predicted octanol–water partition coefficient (Wildman–Crippen LogP) is 3.15. The van der Waals surface area contributed by atoms with E-state index in [4.69, 9.17) is 10.4 Å². The monoisotopic (exact) mass is 308 g/mol. The van der Waals surface area contributed by atoms with Gasteiger partial charge < -0.3 is 5.32 Å². The quantitative estimate of drug-likeness (QED) is 0.942. The number of anilines is 1. The maximum absolute atomic E-state index is 8.80. The van der Waals surface area contributed by atoms with Gasteiger partial charge in [-0.1, -0.05) is 12.8 Å². The fourth-order valence-electron chi connectivity index (χ4n) is 3.71. The van der Waals surface area contributed by atoms with Gasteiger partial charge in [-0.25, -0.2) is 0 Å². The average Bonchev–Trinajstić information content (AvgIpc) is 3.25. The van der Waals surface area contributed by atoms with Crippen molar-refractivity contribution in [3.05, 3.63) is 35.3 Å². The molecule has 0 radical (unpaired) electrons. The van der Waals surface area contributed by atoms with Crippen LogP contribution in [-0.2, 0) is 6.42 Å². The van der Waals surface area contributed by atoms with E-state index in [1.165, 1.54) is 31.2 Å². The average molecular weight is 308 g/mol. The van der Waals surface area contributed by atoms with Crippen molar-refractivity contribution in [1.29, 1.82) is 5.26 Å². The largest absolute Gasteiger partial charge is 0.360 e. The van der Waals surface area contributed by atoms with E-state index in [-0.39, 0.29) is 6.04 Å². The van der Waals surface area contributed by atoms with Crippen molar-refractivity contribution < 1.29 is 0 Å². The molecule has 0 amide bonds. The summed E-state index contributed by atoms with van der Waals surface area (Å²) in [4.78, 5) is 0. The van der Waals surface area contributed by atoms with Crippen molar-refractivity contribution in [2.75, 3.05) is 5.32 Å². The van der Waals surface area contributed by atoms with E-state index in [1.54, 1.807) is 6.07 Å².